The van der Waals surface area contributed by atoms with Crippen LogP contribution in [-0.4, -0.2) is 22.2 Å². The molecule has 0 aromatic rings. The van der Waals surface area contributed by atoms with E-state index < -0.39 is 0 Å². The van der Waals surface area contributed by atoms with E-state index in [1.807, 2.05) is 0 Å². The SMILES string of the molecule is CC(CCCC1CC(C)(C)NC(C)(C(C)C)C1)C1CC(C)(C)NC(C)(C(C)C)C1. The van der Waals surface area contributed by atoms with Gasteiger partial charge in [-0.3, -0.25) is 0 Å². The van der Waals surface area contributed by atoms with Crippen LogP contribution in [0.3, 0.4) is 0 Å². The highest BCUT2D eigenvalue weighted by molar-refractivity contribution is 5.02. The molecule has 0 aromatic carbocycles. The first kappa shape index (κ1) is 25.2. The quantitative estimate of drug-likeness (QED) is 0.468. The van der Waals surface area contributed by atoms with Gasteiger partial charge in [0.15, 0.2) is 0 Å². The van der Waals surface area contributed by atoms with E-state index in [1.54, 1.807) is 0 Å². The van der Waals surface area contributed by atoms with Crippen LogP contribution in [0.5, 0.6) is 0 Å². The molecule has 0 radical (unpaired) electrons. The van der Waals surface area contributed by atoms with Crippen molar-refractivity contribution in [3.05, 3.63) is 0 Å². The van der Waals surface area contributed by atoms with E-state index in [9.17, 15) is 0 Å². The molecule has 5 atom stereocenters. The predicted molar refractivity (Wildman–Crippen MR) is 129 cm³/mol. The summed E-state index contributed by atoms with van der Waals surface area (Å²) in [5.74, 6) is 3.93. The third-order valence-electron chi connectivity index (χ3n) is 8.84. The van der Waals surface area contributed by atoms with E-state index >= 15 is 0 Å². The highest BCUT2D eigenvalue weighted by atomic mass is 15.1. The standard InChI is InChI=1S/C27H54N2/c1-19(2)26(10)16-22(15-24(6,7)28-26)14-12-13-21(5)23-17-25(8,9)29-27(11,18-23)20(3)4/h19-23,28-29H,12-18H2,1-11H3. The molecule has 2 N–H and O–H groups in total. The Morgan fingerprint density at radius 3 is 1.69 bits per heavy atom. The lowest BCUT2D eigenvalue weighted by atomic mass is 9.66. The largest absolute Gasteiger partial charge is 0.306 e. The molecule has 2 fully saturated rings. The van der Waals surface area contributed by atoms with Gasteiger partial charge in [0.25, 0.3) is 0 Å². The first-order valence-electron chi connectivity index (χ1n) is 12.7. The molecule has 172 valence electrons. The van der Waals surface area contributed by atoms with Gasteiger partial charge in [0.2, 0.25) is 0 Å². The van der Waals surface area contributed by atoms with Crippen LogP contribution in [0.1, 0.15) is 121 Å². The zero-order chi connectivity index (χ0) is 22.3. The van der Waals surface area contributed by atoms with Gasteiger partial charge in [0, 0.05) is 22.2 Å². The fourth-order valence-electron chi connectivity index (χ4n) is 6.75. The van der Waals surface area contributed by atoms with E-state index in [2.05, 4.69) is 86.8 Å². The first-order chi connectivity index (χ1) is 13.1. The average molecular weight is 407 g/mol. The number of piperidine rings is 2. The molecular weight excluding hydrogens is 352 g/mol. The maximum atomic E-state index is 3.98. The molecule has 0 bridgehead atoms. The maximum Gasteiger partial charge on any atom is 0.0183 e. The highest BCUT2D eigenvalue weighted by Gasteiger charge is 2.44. The van der Waals surface area contributed by atoms with Crippen molar-refractivity contribution in [3.8, 4) is 0 Å². The topological polar surface area (TPSA) is 24.1 Å². The lowest BCUT2D eigenvalue weighted by Crippen LogP contribution is -2.62. The molecule has 2 aliphatic rings. The lowest BCUT2D eigenvalue weighted by Gasteiger charge is -2.52. The fourth-order valence-corrected chi connectivity index (χ4v) is 6.75. The molecule has 2 saturated heterocycles. The van der Waals surface area contributed by atoms with Crippen molar-refractivity contribution in [2.24, 2.45) is 29.6 Å². The summed E-state index contributed by atoms with van der Waals surface area (Å²) >= 11 is 0. The second-order valence-electron chi connectivity index (χ2n) is 13.5. The van der Waals surface area contributed by atoms with Crippen molar-refractivity contribution in [3.63, 3.8) is 0 Å². The van der Waals surface area contributed by atoms with Crippen LogP contribution >= 0.6 is 0 Å². The van der Waals surface area contributed by atoms with Crippen LogP contribution < -0.4 is 10.6 Å². The fraction of sp³-hybridized carbons (Fsp3) is 1.00. The Bertz CT molecular complexity index is 535. The Hall–Kier alpha value is -0.0800. The van der Waals surface area contributed by atoms with Crippen molar-refractivity contribution in [2.45, 2.75) is 143 Å². The van der Waals surface area contributed by atoms with Gasteiger partial charge in [0.05, 0.1) is 0 Å². The third-order valence-corrected chi connectivity index (χ3v) is 8.84. The van der Waals surface area contributed by atoms with Gasteiger partial charge in [-0.25, -0.2) is 0 Å². The molecule has 2 heteroatoms. The molecule has 2 nitrogen and oxygen atoms in total. The van der Waals surface area contributed by atoms with Gasteiger partial charge >= 0.3 is 0 Å². The van der Waals surface area contributed by atoms with Crippen molar-refractivity contribution < 1.29 is 0 Å². The summed E-state index contributed by atoms with van der Waals surface area (Å²) in [5, 5.41) is 7.95. The van der Waals surface area contributed by atoms with E-state index in [-0.39, 0.29) is 22.2 Å². The number of hydrogen-bond donors (Lipinski definition) is 2. The minimum atomic E-state index is 0.258. The minimum absolute atomic E-state index is 0.258. The molecule has 0 aliphatic carbocycles. The molecule has 2 heterocycles. The Kier molecular flexibility index (Phi) is 7.65. The molecule has 2 rings (SSSR count). The Balaban J connectivity index is 1.92. The van der Waals surface area contributed by atoms with Gasteiger partial charge in [-0.05, 0) is 96.8 Å². The van der Waals surface area contributed by atoms with E-state index in [4.69, 9.17) is 0 Å². The van der Waals surface area contributed by atoms with E-state index in [1.165, 1.54) is 44.9 Å². The van der Waals surface area contributed by atoms with E-state index in [0.29, 0.717) is 11.8 Å². The molecule has 2 aliphatic heterocycles. The summed E-state index contributed by atoms with van der Waals surface area (Å²) in [6, 6.07) is 0. The minimum Gasteiger partial charge on any atom is -0.306 e. The number of nitrogens with one attached hydrogen (secondary N) is 2. The normalized spacial score (nSPS) is 38.4. The molecule has 5 unspecified atom stereocenters. The Labute approximate surface area is 183 Å². The zero-order valence-corrected chi connectivity index (χ0v) is 21.8. The predicted octanol–water partition coefficient (Wildman–Crippen LogP) is 7.18. The van der Waals surface area contributed by atoms with Crippen LogP contribution in [0.25, 0.3) is 0 Å². The van der Waals surface area contributed by atoms with Gasteiger partial charge in [0.1, 0.15) is 0 Å². The Morgan fingerprint density at radius 1 is 0.690 bits per heavy atom. The molecule has 0 amide bonds. The monoisotopic (exact) mass is 406 g/mol. The molecule has 0 saturated carbocycles. The average Bonchev–Trinajstić information content (AvgIpc) is 2.50. The second kappa shape index (κ2) is 8.81. The molecule has 29 heavy (non-hydrogen) atoms. The van der Waals surface area contributed by atoms with Crippen LogP contribution in [0.2, 0.25) is 0 Å². The summed E-state index contributed by atoms with van der Waals surface area (Å²) in [6.07, 6.45) is 9.54. The van der Waals surface area contributed by atoms with Crippen LogP contribution in [0.15, 0.2) is 0 Å². The first-order valence-corrected chi connectivity index (χ1v) is 12.7. The second-order valence-corrected chi connectivity index (χ2v) is 13.5. The summed E-state index contributed by atoms with van der Waals surface area (Å²) in [5.41, 5.74) is 1.09. The van der Waals surface area contributed by atoms with Gasteiger partial charge in [-0.1, -0.05) is 53.9 Å². The van der Waals surface area contributed by atoms with Crippen molar-refractivity contribution in [2.75, 3.05) is 0 Å². The summed E-state index contributed by atoms with van der Waals surface area (Å²) in [7, 11) is 0. The third kappa shape index (κ3) is 6.45. The summed E-state index contributed by atoms with van der Waals surface area (Å²) < 4.78 is 0. The maximum absolute atomic E-state index is 3.98. The van der Waals surface area contributed by atoms with Crippen molar-refractivity contribution in [1.29, 1.82) is 0 Å². The summed E-state index contributed by atoms with van der Waals surface area (Å²) in [6.45, 7) is 26.7. The Morgan fingerprint density at radius 2 is 1.17 bits per heavy atom. The van der Waals surface area contributed by atoms with Gasteiger partial charge in [-0.15, -0.1) is 0 Å². The van der Waals surface area contributed by atoms with Crippen LogP contribution in [-0.2, 0) is 0 Å². The molecular formula is C27H54N2. The molecule has 0 aromatic heterocycles. The highest BCUT2D eigenvalue weighted by Crippen LogP contribution is 2.43. The number of hydrogen-bond acceptors (Lipinski definition) is 2. The smallest absolute Gasteiger partial charge is 0.0183 e. The van der Waals surface area contributed by atoms with Crippen LogP contribution in [0.4, 0.5) is 0 Å². The number of rotatable bonds is 7. The van der Waals surface area contributed by atoms with Gasteiger partial charge in [-0.2, -0.15) is 0 Å². The van der Waals surface area contributed by atoms with Crippen molar-refractivity contribution >= 4 is 0 Å². The summed E-state index contributed by atoms with van der Waals surface area (Å²) in [4.78, 5) is 0. The van der Waals surface area contributed by atoms with Crippen LogP contribution in [0, 0.1) is 29.6 Å². The molecule has 0 spiro atoms. The lowest BCUT2D eigenvalue weighted by molar-refractivity contribution is 0.0529. The zero-order valence-electron chi connectivity index (χ0n) is 21.8. The van der Waals surface area contributed by atoms with E-state index in [0.717, 1.165) is 17.8 Å². The van der Waals surface area contributed by atoms with Crippen molar-refractivity contribution in [1.82, 2.24) is 10.6 Å². The van der Waals surface area contributed by atoms with Gasteiger partial charge < -0.3 is 10.6 Å².